The summed E-state index contributed by atoms with van der Waals surface area (Å²) in [5.41, 5.74) is 5.48. The number of aryl methyl sites for hydroxylation is 1. The standard InChI is InChI=1S/C27H27N3O2/c1-3-19-8-12-22(13-9-19)29-18-21(16-26(29)31)27-28-24-6-4-5-7-25(24)30(27)17-20-10-14-23(32-2)15-11-20/h4-15,21H,3,16-18H2,1-2H3/t21-/m1/s1. The normalized spacial score (nSPS) is 16.1. The maximum Gasteiger partial charge on any atom is 0.227 e. The number of aromatic nitrogens is 2. The lowest BCUT2D eigenvalue weighted by Crippen LogP contribution is -2.24. The fourth-order valence-corrected chi connectivity index (χ4v) is 4.53. The van der Waals surface area contributed by atoms with Gasteiger partial charge in [0, 0.05) is 31.1 Å². The van der Waals surface area contributed by atoms with Crippen molar-refractivity contribution in [1.29, 1.82) is 0 Å². The number of fused-ring (bicyclic) bond motifs is 1. The summed E-state index contributed by atoms with van der Waals surface area (Å²) in [7, 11) is 1.68. The molecule has 0 unspecified atom stereocenters. The molecule has 1 aliphatic rings. The molecule has 1 aromatic heterocycles. The monoisotopic (exact) mass is 425 g/mol. The third-order valence-corrected chi connectivity index (χ3v) is 6.33. The van der Waals surface area contributed by atoms with Crippen molar-refractivity contribution in [2.45, 2.75) is 32.2 Å². The van der Waals surface area contributed by atoms with E-state index in [1.54, 1.807) is 7.11 Å². The summed E-state index contributed by atoms with van der Waals surface area (Å²) in [5, 5.41) is 0. The summed E-state index contributed by atoms with van der Waals surface area (Å²) < 4.78 is 7.56. The lowest BCUT2D eigenvalue weighted by Gasteiger charge is -2.18. The average Bonchev–Trinajstić information content (AvgIpc) is 3.40. The number of rotatable bonds is 6. The van der Waals surface area contributed by atoms with Gasteiger partial charge in [-0.3, -0.25) is 4.79 Å². The molecule has 1 saturated heterocycles. The number of methoxy groups -OCH3 is 1. The number of hydrogen-bond acceptors (Lipinski definition) is 3. The number of para-hydroxylation sites is 2. The molecular weight excluding hydrogens is 398 g/mol. The van der Waals surface area contributed by atoms with Crippen LogP contribution in [-0.4, -0.2) is 29.1 Å². The maximum absolute atomic E-state index is 12.9. The van der Waals surface area contributed by atoms with Gasteiger partial charge in [0.2, 0.25) is 5.91 Å². The number of hydrogen-bond donors (Lipinski definition) is 0. The van der Waals surface area contributed by atoms with Gasteiger partial charge in [0.1, 0.15) is 11.6 Å². The molecule has 5 rings (SSSR count). The van der Waals surface area contributed by atoms with E-state index in [0.29, 0.717) is 19.5 Å². The Kier molecular flexibility index (Phi) is 5.39. The van der Waals surface area contributed by atoms with Crippen molar-refractivity contribution in [3.8, 4) is 5.75 Å². The summed E-state index contributed by atoms with van der Waals surface area (Å²) in [6.45, 7) is 3.49. The lowest BCUT2D eigenvalue weighted by atomic mass is 10.1. The van der Waals surface area contributed by atoms with Crippen LogP contribution in [0.15, 0.2) is 72.8 Å². The smallest absolute Gasteiger partial charge is 0.227 e. The summed E-state index contributed by atoms with van der Waals surface area (Å²) in [4.78, 5) is 19.8. The molecule has 0 radical (unpaired) electrons. The van der Waals surface area contributed by atoms with Crippen molar-refractivity contribution in [2.24, 2.45) is 0 Å². The zero-order chi connectivity index (χ0) is 22.1. The summed E-state index contributed by atoms with van der Waals surface area (Å²) >= 11 is 0. The predicted octanol–water partition coefficient (Wildman–Crippen LogP) is 5.18. The van der Waals surface area contributed by atoms with Gasteiger partial charge >= 0.3 is 0 Å². The van der Waals surface area contributed by atoms with Crippen LogP contribution in [0.1, 0.15) is 36.2 Å². The SMILES string of the molecule is CCc1ccc(N2C[C@H](c3nc4ccccc4n3Cc3ccc(OC)cc3)CC2=O)cc1. The van der Waals surface area contributed by atoms with Gasteiger partial charge in [0.05, 0.1) is 18.1 Å². The molecule has 162 valence electrons. The van der Waals surface area contributed by atoms with Crippen LogP contribution >= 0.6 is 0 Å². The second kappa shape index (κ2) is 8.50. The summed E-state index contributed by atoms with van der Waals surface area (Å²) in [6, 6.07) is 24.6. The number of anilines is 1. The van der Waals surface area contributed by atoms with Crippen molar-refractivity contribution < 1.29 is 9.53 Å². The Hall–Kier alpha value is -3.60. The molecule has 5 nitrogen and oxygen atoms in total. The zero-order valence-electron chi connectivity index (χ0n) is 18.5. The van der Waals surface area contributed by atoms with Crippen LogP contribution in [0, 0.1) is 0 Å². The van der Waals surface area contributed by atoms with Gasteiger partial charge in [-0.15, -0.1) is 0 Å². The fraction of sp³-hybridized carbons (Fsp3) is 0.259. The van der Waals surface area contributed by atoms with E-state index >= 15 is 0 Å². The highest BCUT2D eigenvalue weighted by Crippen LogP contribution is 2.33. The first-order valence-corrected chi connectivity index (χ1v) is 11.1. The number of carbonyl (C=O) groups excluding carboxylic acids is 1. The Balaban J connectivity index is 1.48. The van der Waals surface area contributed by atoms with Gasteiger partial charge < -0.3 is 14.2 Å². The molecule has 1 aliphatic heterocycles. The second-order valence-electron chi connectivity index (χ2n) is 8.32. The molecule has 1 fully saturated rings. The van der Waals surface area contributed by atoms with Gasteiger partial charge in [0.15, 0.2) is 0 Å². The molecular formula is C27H27N3O2. The highest BCUT2D eigenvalue weighted by atomic mass is 16.5. The average molecular weight is 426 g/mol. The Labute approximate surface area is 188 Å². The molecule has 4 aromatic rings. The molecule has 0 spiro atoms. The first-order valence-electron chi connectivity index (χ1n) is 11.1. The fourth-order valence-electron chi connectivity index (χ4n) is 4.53. The zero-order valence-corrected chi connectivity index (χ0v) is 18.5. The van der Waals surface area contributed by atoms with Gasteiger partial charge in [-0.2, -0.15) is 0 Å². The lowest BCUT2D eigenvalue weighted by molar-refractivity contribution is -0.117. The number of nitrogens with zero attached hydrogens (tertiary/aromatic N) is 3. The number of benzene rings is 3. The van der Waals surface area contributed by atoms with Crippen molar-refractivity contribution in [2.75, 3.05) is 18.6 Å². The minimum atomic E-state index is 0.0546. The van der Waals surface area contributed by atoms with E-state index in [2.05, 4.69) is 54.0 Å². The molecule has 3 aromatic carbocycles. The van der Waals surface area contributed by atoms with Crippen LogP contribution in [0.2, 0.25) is 0 Å². The van der Waals surface area contributed by atoms with Crippen molar-refractivity contribution in [1.82, 2.24) is 9.55 Å². The van der Waals surface area contributed by atoms with E-state index in [-0.39, 0.29) is 11.8 Å². The Morgan fingerprint density at radius 2 is 1.69 bits per heavy atom. The summed E-state index contributed by atoms with van der Waals surface area (Å²) in [6.07, 6.45) is 1.47. The molecule has 0 aliphatic carbocycles. The molecule has 1 amide bonds. The van der Waals surface area contributed by atoms with Gasteiger partial charge in [0.25, 0.3) is 0 Å². The van der Waals surface area contributed by atoms with Gasteiger partial charge in [-0.1, -0.05) is 43.3 Å². The van der Waals surface area contributed by atoms with E-state index in [1.807, 2.05) is 35.2 Å². The first kappa shape index (κ1) is 20.3. The van der Waals surface area contributed by atoms with Gasteiger partial charge in [-0.05, 0) is 53.9 Å². The highest BCUT2D eigenvalue weighted by Gasteiger charge is 2.34. The molecule has 0 saturated carbocycles. The first-order chi connectivity index (χ1) is 15.7. The van der Waals surface area contributed by atoms with Crippen molar-refractivity contribution >= 4 is 22.6 Å². The number of imidazole rings is 1. The number of ether oxygens (including phenoxy) is 1. The van der Waals surface area contributed by atoms with E-state index in [0.717, 1.165) is 34.7 Å². The minimum absolute atomic E-state index is 0.0546. The van der Waals surface area contributed by atoms with Crippen LogP contribution in [0.5, 0.6) is 5.75 Å². The minimum Gasteiger partial charge on any atom is -0.497 e. The number of carbonyl (C=O) groups is 1. The Morgan fingerprint density at radius 3 is 2.41 bits per heavy atom. The van der Waals surface area contributed by atoms with Crippen LogP contribution in [-0.2, 0) is 17.8 Å². The van der Waals surface area contributed by atoms with Crippen LogP contribution in [0.4, 0.5) is 5.69 Å². The molecule has 2 heterocycles. The quantitative estimate of drug-likeness (QED) is 0.428. The summed E-state index contributed by atoms with van der Waals surface area (Å²) in [5.74, 6) is 2.03. The number of amides is 1. The highest BCUT2D eigenvalue weighted by molar-refractivity contribution is 5.96. The third-order valence-electron chi connectivity index (χ3n) is 6.33. The van der Waals surface area contributed by atoms with Crippen LogP contribution in [0.25, 0.3) is 11.0 Å². The third kappa shape index (κ3) is 3.75. The van der Waals surface area contributed by atoms with Crippen LogP contribution < -0.4 is 9.64 Å². The van der Waals surface area contributed by atoms with Crippen LogP contribution in [0.3, 0.4) is 0 Å². The molecule has 32 heavy (non-hydrogen) atoms. The van der Waals surface area contributed by atoms with E-state index in [9.17, 15) is 4.79 Å². The van der Waals surface area contributed by atoms with Crippen molar-refractivity contribution in [3.63, 3.8) is 0 Å². The second-order valence-corrected chi connectivity index (χ2v) is 8.32. The molecule has 5 heteroatoms. The maximum atomic E-state index is 12.9. The molecule has 0 N–H and O–H groups in total. The predicted molar refractivity (Wildman–Crippen MR) is 127 cm³/mol. The van der Waals surface area contributed by atoms with Crippen molar-refractivity contribution in [3.05, 3.63) is 89.7 Å². The van der Waals surface area contributed by atoms with E-state index in [4.69, 9.17) is 9.72 Å². The topological polar surface area (TPSA) is 47.4 Å². The largest absolute Gasteiger partial charge is 0.497 e. The Bertz CT molecular complexity index is 1240. The molecule has 0 bridgehead atoms. The molecule has 1 atom stereocenters. The Morgan fingerprint density at radius 1 is 0.969 bits per heavy atom. The van der Waals surface area contributed by atoms with Gasteiger partial charge in [-0.25, -0.2) is 4.98 Å². The van der Waals surface area contributed by atoms with E-state index in [1.165, 1.54) is 11.1 Å². The van der Waals surface area contributed by atoms with E-state index < -0.39 is 0 Å².